The number of benzene rings is 3. The standard InChI is InChI=1S/C48H57Cl2F4N7O6/c1-29-43(63)56-38(27-66-7)44(64)57-47(22-30-9-13-33(49)14-10-30)17-8-18-60(28-47)45(65)32(23-48(52,53)54)19-42(62)61(29)25-36-37(51)20-34(50)21-40(36)67-35-15-11-31(12-16-35)39-24-55-41(59(39)6)26-58(5)46(2,3)4/h9-16,20-21,24,29,32,38H,8,17-19,22-23,25-28H2,1-7H3,(H,56,63)(H,57,64)/t29-,32-,38-,47+/m0/s1. The first kappa shape index (κ1) is 51.2. The first-order chi connectivity index (χ1) is 31.5. The Balaban J connectivity index is 1.33. The molecule has 3 heterocycles. The summed E-state index contributed by atoms with van der Waals surface area (Å²) in [6, 6.07) is 13.1. The number of hydrogen-bond donors (Lipinski definition) is 2. The van der Waals surface area contributed by atoms with Crippen LogP contribution in [-0.4, -0.2) is 111 Å². The van der Waals surface area contributed by atoms with Gasteiger partial charge in [0.05, 0.1) is 49.5 Å². The molecule has 4 amide bonds. The Morgan fingerprint density at radius 3 is 2.30 bits per heavy atom. The molecular formula is C48H57Cl2F4N7O6. The maximum Gasteiger partial charge on any atom is 0.389 e. The third kappa shape index (κ3) is 12.9. The lowest BCUT2D eigenvalue weighted by Crippen LogP contribution is -2.65. The Bertz CT molecular complexity index is 2430. The summed E-state index contributed by atoms with van der Waals surface area (Å²) in [5.41, 5.74) is 0.850. The zero-order valence-corrected chi connectivity index (χ0v) is 40.1. The highest BCUT2D eigenvalue weighted by Crippen LogP contribution is 2.36. The van der Waals surface area contributed by atoms with Gasteiger partial charge in [0.1, 0.15) is 35.2 Å². The summed E-state index contributed by atoms with van der Waals surface area (Å²) in [6.07, 6.45) is -4.92. The minimum absolute atomic E-state index is 0.0633. The lowest BCUT2D eigenvalue weighted by Gasteiger charge is -2.45. The molecule has 2 aliphatic rings. The summed E-state index contributed by atoms with van der Waals surface area (Å²) in [5.74, 6) is -5.48. The number of carbonyl (C=O) groups excluding carboxylic acids is 4. The number of ether oxygens (including phenoxy) is 2. The van der Waals surface area contributed by atoms with E-state index < -0.39 is 78.5 Å². The molecule has 0 spiro atoms. The predicted octanol–water partition coefficient (Wildman–Crippen LogP) is 8.10. The molecule has 2 bridgehead atoms. The van der Waals surface area contributed by atoms with Crippen molar-refractivity contribution in [1.82, 2.24) is 34.9 Å². The molecule has 13 nitrogen and oxygen atoms in total. The van der Waals surface area contributed by atoms with Crippen molar-refractivity contribution < 1.29 is 46.2 Å². The maximum absolute atomic E-state index is 16.2. The average Bonchev–Trinajstić information content (AvgIpc) is 3.61. The van der Waals surface area contributed by atoms with Gasteiger partial charge in [-0.3, -0.25) is 24.1 Å². The fourth-order valence-corrected chi connectivity index (χ4v) is 8.74. The molecule has 0 aliphatic carbocycles. The van der Waals surface area contributed by atoms with Gasteiger partial charge >= 0.3 is 6.18 Å². The lowest BCUT2D eigenvalue weighted by atomic mass is 9.82. The van der Waals surface area contributed by atoms with Gasteiger partial charge < -0.3 is 34.5 Å². The van der Waals surface area contributed by atoms with E-state index in [9.17, 15) is 32.3 Å². The zero-order valence-electron chi connectivity index (χ0n) is 38.6. The van der Waals surface area contributed by atoms with Gasteiger partial charge in [0.2, 0.25) is 23.6 Å². The van der Waals surface area contributed by atoms with E-state index in [2.05, 4.69) is 41.3 Å². The number of imidazole rings is 1. The first-order valence-electron chi connectivity index (χ1n) is 21.9. The van der Waals surface area contributed by atoms with E-state index in [1.54, 1.807) is 54.7 Å². The summed E-state index contributed by atoms with van der Waals surface area (Å²) in [4.78, 5) is 66.1. The highest BCUT2D eigenvalue weighted by atomic mass is 35.5. The highest BCUT2D eigenvalue weighted by Gasteiger charge is 2.45. The summed E-state index contributed by atoms with van der Waals surface area (Å²) in [7, 11) is 5.26. The average molecular weight is 975 g/mol. The molecule has 2 saturated heterocycles. The molecule has 2 aliphatic heterocycles. The Morgan fingerprint density at radius 2 is 1.66 bits per heavy atom. The molecule has 1 aromatic heterocycles. The third-order valence-electron chi connectivity index (χ3n) is 12.5. The fourth-order valence-electron chi connectivity index (χ4n) is 8.42. The van der Waals surface area contributed by atoms with E-state index in [0.717, 1.165) is 33.6 Å². The quantitative estimate of drug-likeness (QED) is 0.136. The van der Waals surface area contributed by atoms with Crippen LogP contribution in [0.3, 0.4) is 0 Å². The SMILES string of the molecule is COC[C@@H]1NC(=O)[C@H](C)N(Cc2c(F)cc(Cl)cc2Oc2ccc(-c3cnc(CN(C)C(C)(C)C)n3C)cc2)C(=O)C[C@@H](CC(F)(F)F)C(=O)N2CCC[C@@](Cc3ccc(Cl)cc3)(C2)NC1=O. The predicted molar refractivity (Wildman–Crippen MR) is 246 cm³/mol. The number of hydrogen-bond acceptors (Lipinski definition) is 8. The van der Waals surface area contributed by atoms with Gasteiger partial charge in [0.15, 0.2) is 0 Å². The van der Waals surface area contributed by atoms with E-state index in [1.165, 1.54) is 25.0 Å². The largest absolute Gasteiger partial charge is 0.457 e. The Morgan fingerprint density at radius 1 is 0.970 bits per heavy atom. The maximum atomic E-state index is 16.2. The van der Waals surface area contributed by atoms with E-state index in [1.807, 2.05) is 18.7 Å². The first-order valence-corrected chi connectivity index (χ1v) is 22.7. The monoisotopic (exact) mass is 973 g/mol. The molecule has 19 heteroatoms. The number of fused-ring (bicyclic) bond motifs is 2. The number of nitrogens with zero attached hydrogens (tertiary/aromatic N) is 5. The van der Waals surface area contributed by atoms with Crippen LogP contribution in [0.4, 0.5) is 17.6 Å². The molecule has 2 fully saturated rings. The second-order valence-electron chi connectivity index (χ2n) is 18.5. The van der Waals surface area contributed by atoms with Crippen molar-refractivity contribution in [2.75, 3.05) is 33.9 Å². The zero-order chi connectivity index (χ0) is 49.0. The van der Waals surface area contributed by atoms with E-state index in [-0.39, 0.29) is 53.7 Å². The number of piperidine rings is 1. The van der Waals surface area contributed by atoms with Gasteiger partial charge in [-0.25, -0.2) is 9.37 Å². The number of methoxy groups -OCH3 is 1. The van der Waals surface area contributed by atoms with Crippen LogP contribution in [0.5, 0.6) is 11.5 Å². The molecule has 362 valence electrons. The minimum atomic E-state index is -4.88. The minimum Gasteiger partial charge on any atom is -0.457 e. The van der Waals surface area contributed by atoms with Crippen LogP contribution < -0.4 is 15.4 Å². The number of alkyl halides is 3. The second kappa shape index (κ2) is 21.0. The molecule has 0 unspecified atom stereocenters. The van der Waals surface area contributed by atoms with Crippen LogP contribution in [-0.2, 0) is 50.5 Å². The molecule has 2 N–H and O–H groups in total. The van der Waals surface area contributed by atoms with Crippen LogP contribution in [0.25, 0.3) is 11.3 Å². The normalized spacial score (nSPS) is 21.3. The summed E-state index contributed by atoms with van der Waals surface area (Å²) in [6.45, 7) is 7.11. The molecule has 0 saturated carbocycles. The fraction of sp³-hybridized carbons (Fsp3) is 0.479. The second-order valence-corrected chi connectivity index (χ2v) is 19.4. The highest BCUT2D eigenvalue weighted by molar-refractivity contribution is 6.31. The molecule has 3 aromatic carbocycles. The van der Waals surface area contributed by atoms with E-state index >= 15 is 4.39 Å². The molecule has 4 aromatic rings. The summed E-state index contributed by atoms with van der Waals surface area (Å²) >= 11 is 12.5. The smallest absolute Gasteiger partial charge is 0.389 e. The van der Waals surface area contributed by atoms with Gasteiger partial charge in [-0.2, -0.15) is 13.2 Å². The molecular weight excluding hydrogens is 917 g/mol. The van der Waals surface area contributed by atoms with Crippen LogP contribution in [0, 0.1) is 11.7 Å². The molecule has 0 radical (unpaired) electrons. The van der Waals surface area contributed by atoms with Crippen LogP contribution in [0.2, 0.25) is 10.0 Å². The van der Waals surface area contributed by atoms with Crippen LogP contribution in [0.15, 0.2) is 66.9 Å². The van der Waals surface area contributed by atoms with Crippen molar-refractivity contribution in [1.29, 1.82) is 0 Å². The number of rotatable bonds is 12. The molecule has 67 heavy (non-hydrogen) atoms. The Labute approximate surface area is 398 Å². The lowest BCUT2D eigenvalue weighted by molar-refractivity contribution is -0.164. The van der Waals surface area contributed by atoms with Crippen molar-refractivity contribution >= 4 is 46.8 Å². The van der Waals surface area contributed by atoms with Gasteiger partial charge in [-0.05, 0) is 108 Å². The van der Waals surface area contributed by atoms with Crippen molar-refractivity contribution in [3.05, 3.63) is 99.7 Å². The van der Waals surface area contributed by atoms with Gasteiger partial charge in [0, 0.05) is 60.4 Å². The topological polar surface area (TPSA) is 138 Å². The van der Waals surface area contributed by atoms with Crippen LogP contribution in [0.1, 0.15) is 70.3 Å². The van der Waals surface area contributed by atoms with Gasteiger partial charge in [-0.15, -0.1) is 0 Å². The summed E-state index contributed by atoms with van der Waals surface area (Å²) < 4.78 is 72.7. The third-order valence-corrected chi connectivity index (χ3v) is 13.0. The van der Waals surface area contributed by atoms with Crippen molar-refractivity contribution in [2.45, 2.75) is 102 Å². The number of carbonyl (C=O) groups is 4. The van der Waals surface area contributed by atoms with Crippen molar-refractivity contribution in [3.8, 4) is 22.8 Å². The Hall–Kier alpha value is -5.23. The Kier molecular flexibility index (Phi) is 16.0. The number of halogens is 6. The summed E-state index contributed by atoms with van der Waals surface area (Å²) in [5, 5.41) is 6.06. The number of nitrogens with one attached hydrogen (secondary N) is 2. The van der Waals surface area contributed by atoms with Crippen molar-refractivity contribution in [2.24, 2.45) is 13.0 Å². The molecule has 4 atom stereocenters. The van der Waals surface area contributed by atoms with E-state index in [4.69, 9.17) is 32.7 Å². The number of amides is 4. The molecule has 6 rings (SSSR count). The number of aromatic nitrogens is 2. The van der Waals surface area contributed by atoms with E-state index in [0.29, 0.717) is 24.4 Å². The van der Waals surface area contributed by atoms with Gasteiger partial charge in [0.25, 0.3) is 0 Å². The van der Waals surface area contributed by atoms with Crippen molar-refractivity contribution in [3.63, 3.8) is 0 Å². The van der Waals surface area contributed by atoms with Crippen LogP contribution >= 0.6 is 23.2 Å². The van der Waals surface area contributed by atoms with Gasteiger partial charge in [-0.1, -0.05) is 35.3 Å².